The molecule has 8 heteroatoms. The van der Waals surface area contributed by atoms with Crippen LogP contribution in [0.3, 0.4) is 0 Å². The predicted octanol–water partition coefficient (Wildman–Crippen LogP) is 2.35. The Hall–Kier alpha value is -2.38. The van der Waals surface area contributed by atoms with Crippen LogP contribution in [0.1, 0.15) is 6.42 Å². The number of anilines is 1. The Morgan fingerprint density at radius 1 is 1.35 bits per heavy atom. The second kappa shape index (κ2) is 7.75. The lowest BCUT2D eigenvalue weighted by Crippen LogP contribution is -2.08. The average molecular weight is 336 g/mol. The molecule has 122 valence electrons. The van der Waals surface area contributed by atoms with Gasteiger partial charge < -0.3 is 19.4 Å². The van der Waals surface area contributed by atoms with Crippen LogP contribution >= 0.6 is 12.4 Å². The van der Waals surface area contributed by atoms with Gasteiger partial charge in [-0.15, -0.1) is 12.4 Å². The highest BCUT2D eigenvalue weighted by atomic mass is 35.5. The molecule has 0 saturated carbocycles. The SMILES string of the molecule is Cl.Cn1ccnc1-c1cnc(NCCCO)nc1-c1ccco1. The van der Waals surface area contributed by atoms with Crippen LogP contribution < -0.4 is 5.32 Å². The largest absolute Gasteiger partial charge is 0.463 e. The third kappa shape index (κ3) is 3.69. The number of aliphatic hydroxyl groups excluding tert-OH is 1. The number of rotatable bonds is 6. The monoisotopic (exact) mass is 335 g/mol. The first-order valence-corrected chi connectivity index (χ1v) is 7.03. The van der Waals surface area contributed by atoms with Crippen molar-refractivity contribution in [2.45, 2.75) is 6.42 Å². The van der Waals surface area contributed by atoms with Gasteiger partial charge in [0.25, 0.3) is 0 Å². The summed E-state index contributed by atoms with van der Waals surface area (Å²) in [6.45, 7) is 0.735. The highest BCUT2D eigenvalue weighted by Crippen LogP contribution is 2.29. The molecular formula is C15H18ClN5O2. The van der Waals surface area contributed by atoms with Crippen LogP contribution in [-0.4, -0.2) is 37.8 Å². The molecule has 0 unspecified atom stereocenters. The van der Waals surface area contributed by atoms with Gasteiger partial charge in [0.05, 0.1) is 11.8 Å². The summed E-state index contributed by atoms with van der Waals surface area (Å²) in [4.78, 5) is 13.2. The summed E-state index contributed by atoms with van der Waals surface area (Å²) in [6.07, 6.45) is 7.58. The number of aromatic nitrogens is 4. The van der Waals surface area contributed by atoms with Gasteiger partial charge in [-0.1, -0.05) is 0 Å². The highest BCUT2D eigenvalue weighted by Gasteiger charge is 2.16. The Morgan fingerprint density at radius 2 is 2.22 bits per heavy atom. The number of hydrogen-bond acceptors (Lipinski definition) is 6. The minimum absolute atomic E-state index is 0. The molecule has 0 bridgehead atoms. The van der Waals surface area contributed by atoms with E-state index in [1.54, 1.807) is 18.7 Å². The van der Waals surface area contributed by atoms with Gasteiger partial charge in [-0.2, -0.15) is 0 Å². The maximum atomic E-state index is 8.84. The van der Waals surface area contributed by atoms with Crippen molar-refractivity contribution >= 4 is 18.4 Å². The first-order chi connectivity index (χ1) is 10.8. The Kier molecular flexibility index (Phi) is 5.72. The van der Waals surface area contributed by atoms with E-state index in [2.05, 4.69) is 20.3 Å². The van der Waals surface area contributed by atoms with Crippen molar-refractivity contribution in [3.63, 3.8) is 0 Å². The van der Waals surface area contributed by atoms with E-state index in [4.69, 9.17) is 9.52 Å². The van der Waals surface area contributed by atoms with Gasteiger partial charge in [0.2, 0.25) is 5.95 Å². The number of nitrogens with zero attached hydrogens (tertiary/aromatic N) is 4. The molecule has 2 N–H and O–H groups in total. The van der Waals surface area contributed by atoms with Crippen LogP contribution in [0.15, 0.2) is 41.4 Å². The molecule has 23 heavy (non-hydrogen) atoms. The van der Waals surface area contributed by atoms with Gasteiger partial charge in [-0.25, -0.2) is 15.0 Å². The van der Waals surface area contributed by atoms with Crippen LogP contribution in [0.25, 0.3) is 22.8 Å². The molecule has 0 aliphatic heterocycles. The summed E-state index contributed by atoms with van der Waals surface area (Å²) in [5.74, 6) is 1.93. The number of furan rings is 1. The first kappa shape index (κ1) is 17.0. The molecular weight excluding hydrogens is 318 g/mol. The van der Waals surface area contributed by atoms with E-state index in [1.165, 1.54) is 0 Å². The molecule has 0 amide bonds. The van der Waals surface area contributed by atoms with Gasteiger partial charge in [0.1, 0.15) is 11.5 Å². The Morgan fingerprint density at radius 3 is 2.87 bits per heavy atom. The zero-order chi connectivity index (χ0) is 15.4. The average Bonchev–Trinajstić information content (AvgIpc) is 3.19. The second-order valence-electron chi connectivity index (χ2n) is 4.80. The van der Waals surface area contributed by atoms with Crippen molar-refractivity contribution in [2.75, 3.05) is 18.5 Å². The van der Waals surface area contributed by atoms with E-state index in [1.807, 2.05) is 29.9 Å². The molecule has 0 aliphatic carbocycles. The number of nitrogens with one attached hydrogen (secondary N) is 1. The zero-order valence-corrected chi connectivity index (χ0v) is 13.5. The number of halogens is 1. The minimum atomic E-state index is 0. The third-order valence-electron chi connectivity index (χ3n) is 3.22. The fourth-order valence-electron chi connectivity index (χ4n) is 2.14. The Balaban J connectivity index is 0.00000192. The van der Waals surface area contributed by atoms with Crippen molar-refractivity contribution in [3.8, 4) is 22.8 Å². The zero-order valence-electron chi connectivity index (χ0n) is 12.6. The lowest BCUT2D eigenvalue weighted by atomic mass is 10.2. The molecule has 0 aromatic carbocycles. The van der Waals surface area contributed by atoms with Crippen LogP contribution in [0.4, 0.5) is 5.95 Å². The molecule has 7 nitrogen and oxygen atoms in total. The molecule has 3 heterocycles. The number of aliphatic hydroxyl groups is 1. The number of imidazole rings is 1. The minimum Gasteiger partial charge on any atom is -0.463 e. The van der Waals surface area contributed by atoms with Crippen molar-refractivity contribution in [2.24, 2.45) is 7.05 Å². The molecule has 0 radical (unpaired) electrons. The molecule has 0 spiro atoms. The Bertz CT molecular complexity index is 742. The van der Waals surface area contributed by atoms with E-state index in [0.717, 1.165) is 11.4 Å². The summed E-state index contributed by atoms with van der Waals surface area (Å²) >= 11 is 0. The van der Waals surface area contributed by atoms with E-state index < -0.39 is 0 Å². The van der Waals surface area contributed by atoms with Gasteiger partial charge in [-0.3, -0.25) is 0 Å². The highest BCUT2D eigenvalue weighted by molar-refractivity contribution is 5.85. The van der Waals surface area contributed by atoms with E-state index in [-0.39, 0.29) is 19.0 Å². The number of aryl methyl sites for hydroxylation is 1. The number of hydrogen-bond donors (Lipinski definition) is 2. The summed E-state index contributed by atoms with van der Waals surface area (Å²) in [7, 11) is 1.92. The standard InChI is InChI=1S/C15H17N5O2.ClH/c1-20-7-6-16-14(20)11-10-18-15(17-5-3-8-21)19-13(11)12-4-2-9-22-12;/h2,4,6-7,9-10,21H,3,5,8H2,1H3,(H,17,18,19);1H. The van der Waals surface area contributed by atoms with Crippen molar-refractivity contribution < 1.29 is 9.52 Å². The van der Waals surface area contributed by atoms with Gasteiger partial charge >= 0.3 is 0 Å². The fraction of sp³-hybridized carbons (Fsp3) is 0.267. The van der Waals surface area contributed by atoms with Crippen molar-refractivity contribution in [1.29, 1.82) is 0 Å². The molecule has 0 aliphatic rings. The normalized spacial score (nSPS) is 10.3. The summed E-state index contributed by atoms with van der Waals surface area (Å²) < 4.78 is 7.39. The van der Waals surface area contributed by atoms with Crippen LogP contribution in [-0.2, 0) is 7.05 Å². The molecule has 0 fully saturated rings. The third-order valence-corrected chi connectivity index (χ3v) is 3.22. The van der Waals surface area contributed by atoms with Crippen LogP contribution in [0.2, 0.25) is 0 Å². The van der Waals surface area contributed by atoms with Gasteiger partial charge in [-0.05, 0) is 18.6 Å². The summed E-state index contributed by atoms with van der Waals surface area (Å²) in [6, 6.07) is 3.67. The molecule has 3 aromatic rings. The fourth-order valence-corrected chi connectivity index (χ4v) is 2.14. The van der Waals surface area contributed by atoms with Crippen LogP contribution in [0, 0.1) is 0 Å². The quantitative estimate of drug-likeness (QED) is 0.672. The maximum absolute atomic E-state index is 8.84. The van der Waals surface area contributed by atoms with E-state index >= 15 is 0 Å². The molecule has 0 saturated heterocycles. The summed E-state index contributed by atoms with van der Waals surface area (Å²) in [5, 5.41) is 11.9. The topological polar surface area (TPSA) is 89.0 Å². The lowest BCUT2D eigenvalue weighted by Gasteiger charge is -2.09. The molecule has 3 rings (SSSR count). The maximum Gasteiger partial charge on any atom is 0.223 e. The Labute approximate surface area is 139 Å². The van der Waals surface area contributed by atoms with Crippen LogP contribution in [0.5, 0.6) is 0 Å². The smallest absolute Gasteiger partial charge is 0.223 e. The van der Waals surface area contributed by atoms with Crippen molar-refractivity contribution in [1.82, 2.24) is 19.5 Å². The van der Waals surface area contributed by atoms with E-state index in [0.29, 0.717) is 30.4 Å². The lowest BCUT2D eigenvalue weighted by molar-refractivity contribution is 0.292. The van der Waals surface area contributed by atoms with E-state index in [9.17, 15) is 0 Å². The first-order valence-electron chi connectivity index (χ1n) is 7.03. The van der Waals surface area contributed by atoms with Crippen molar-refractivity contribution in [3.05, 3.63) is 37.0 Å². The van der Waals surface area contributed by atoms with Gasteiger partial charge in [0, 0.05) is 38.8 Å². The molecule has 3 aromatic heterocycles. The van der Waals surface area contributed by atoms with Gasteiger partial charge in [0.15, 0.2) is 5.76 Å². The predicted molar refractivity (Wildman–Crippen MR) is 89.4 cm³/mol. The summed E-state index contributed by atoms with van der Waals surface area (Å²) in [5.41, 5.74) is 1.48. The molecule has 0 atom stereocenters. The second-order valence-corrected chi connectivity index (χ2v) is 4.80.